The Bertz CT molecular complexity index is 257. The van der Waals surface area contributed by atoms with Crippen LogP contribution >= 0.6 is 9.69 Å². The molecule has 0 saturated carbocycles. The molecule has 5 heteroatoms. The number of ether oxygens (including phenoxy) is 1. The number of hydrogen-bond acceptors (Lipinski definition) is 2. The van der Waals surface area contributed by atoms with Crippen LogP contribution in [0.2, 0.25) is 0 Å². The van der Waals surface area contributed by atoms with Crippen LogP contribution in [0.15, 0.2) is 24.3 Å². The number of aliphatic hydroxyl groups excluding tert-OH is 1. The Morgan fingerprint density at radius 1 is 1.38 bits per heavy atom. The normalized spacial score (nSPS) is 10.6. The summed E-state index contributed by atoms with van der Waals surface area (Å²) < 4.78 is 5.00. The van der Waals surface area contributed by atoms with Gasteiger partial charge < -0.3 is 23.0 Å². The van der Waals surface area contributed by atoms with Crippen LogP contribution in [0.3, 0.4) is 0 Å². The van der Waals surface area contributed by atoms with Gasteiger partial charge in [0.1, 0.15) is 5.75 Å². The van der Waals surface area contributed by atoms with Gasteiger partial charge in [-0.15, -0.1) is 6.04 Å². The zero-order valence-corrected chi connectivity index (χ0v) is 11.8. The minimum atomic E-state index is -0.423. The minimum absolute atomic E-state index is 0. The average Bonchev–Trinajstić information content (AvgIpc) is 2.32. The molecule has 0 saturated heterocycles. The summed E-state index contributed by atoms with van der Waals surface area (Å²) in [5.41, 5.74) is 8.43. The van der Waals surface area contributed by atoms with Crippen LogP contribution in [0.1, 0.15) is 5.56 Å². The summed E-state index contributed by atoms with van der Waals surface area (Å²) in [5, 5.41) is 8.68. The fraction of sp³-hybridized carbons (Fsp3) is 0.364. The third-order valence-electron chi connectivity index (χ3n) is 1.86. The monoisotopic (exact) mass is 333 g/mol. The van der Waals surface area contributed by atoms with Gasteiger partial charge in [-0.3, -0.25) is 0 Å². The Balaban J connectivity index is 0. The van der Waals surface area contributed by atoms with Crippen LogP contribution in [0.4, 0.5) is 0 Å². The topological polar surface area (TPSA) is 53.3 Å². The molecular formula is C11H17ClNO2Rh. The first kappa shape index (κ1) is 18.2. The molecule has 0 unspecified atom stereocenters. The van der Waals surface area contributed by atoms with Gasteiger partial charge >= 0.3 is 27.0 Å². The van der Waals surface area contributed by atoms with E-state index in [0.717, 1.165) is 11.3 Å². The van der Waals surface area contributed by atoms with E-state index < -0.39 is 6.04 Å². The van der Waals surface area contributed by atoms with Gasteiger partial charge in [0.2, 0.25) is 0 Å². The quantitative estimate of drug-likeness (QED) is 0.680. The molecule has 0 fully saturated rings. The Morgan fingerprint density at radius 3 is 2.25 bits per heavy atom. The van der Waals surface area contributed by atoms with Crippen molar-refractivity contribution in [2.75, 3.05) is 13.7 Å². The second kappa shape index (κ2) is 11.3. The fourth-order valence-electron chi connectivity index (χ4n) is 1.11. The molecule has 1 rings (SSSR count). The summed E-state index contributed by atoms with van der Waals surface area (Å²) in [6.07, 6.45) is 0.584. The Kier molecular flexibility index (Phi) is 12.9. The van der Waals surface area contributed by atoms with Crippen LogP contribution in [-0.4, -0.2) is 24.9 Å². The molecule has 1 aromatic rings. The van der Waals surface area contributed by atoms with Gasteiger partial charge in [0.15, 0.2) is 0 Å². The fourth-order valence-corrected chi connectivity index (χ4v) is 1.11. The van der Waals surface area contributed by atoms with Crippen LogP contribution in [0, 0.1) is 7.43 Å². The van der Waals surface area contributed by atoms with Crippen molar-refractivity contribution >= 4 is 9.69 Å². The molecule has 3 nitrogen and oxygen atoms in total. The molecule has 0 aliphatic rings. The van der Waals surface area contributed by atoms with Crippen LogP contribution in [0.25, 0.3) is 5.73 Å². The van der Waals surface area contributed by atoms with Crippen molar-refractivity contribution in [3.8, 4) is 5.75 Å². The standard InChI is InChI=1S/C10H14NO2.CH3.ClH.Rh/c1-13-10-4-2-8(3-5-10)6-9(11)7-12;;;/h2-5,9,11-12H,6-7H2,1H3;1H3;1H;/q2*-1;;+3/p-1/t9-;;;/m0.../s1. The zero-order chi connectivity index (χ0) is 11.7. The third kappa shape index (κ3) is 7.18. The second-order valence-corrected chi connectivity index (χ2v) is 2.93. The molecular weight excluding hydrogens is 316 g/mol. The summed E-state index contributed by atoms with van der Waals surface area (Å²) in [7, 11) is 6.15. The van der Waals surface area contributed by atoms with Crippen molar-refractivity contribution in [1.29, 1.82) is 0 Å². The van der Waals surface area contributed by atoms with E-state index in [0.29, 0.717) is 6.42 Å². The van der Waals surface area contributed by atoms with Gasteiger partial charge in [-0.05, 0) is 24.1 Å². The van der Waals surface area contributed by atoms with Crippen molar-refractivity contribution in [2.24, 2.45) is 0 Å². The molecule has 0 aliphatic carbocycles. The predicted octanol–water partition coefficient (Wildman–Crippen LogP) is 2.79. The van der Waals surface area contributed by atoms with E-state index in [1.54, 1.807) is 7.11 Å². The SMILES string of the molecule is COc1ccc(C[C@H]([NH-])CO)cc1.[CH3-].[Cl][Rh+2]. The summed E-state index contributed by atoms with van der Waals surface area (Å²) in [6, 6.07) is 7.12. The first-order valence-electron chi connectivity index (χ1n) is 4.33. The zero-order valence-electron chi connectivity index (χ0n) is 9.37. The maximum atomic E-state index is 8.68. The molecule has 0 radical (unpaired) electrons. The van der Waals surface area contributed by atoms with Crippen LogP contribution < -0.4 is 4.74 Å². The summed E-state index contributed by atoms with van der Waals surface area (Å²) in [6.45, 7) is -0.0912. The van der Waals surface area contributed by atoms with Crippen molar-refractivity contribution in [2.45, 2.75) is 12.5 Å². The molecule has 0 aromatic heterocycles. The van der Waals surface area contributed by atoms with Crippen molar-refractivity contribution in [1.82, 2.24) is 0 Å². The Morgan fingerprint density at radius 2 is 1.88 bits per heavy atom. The molecule has 0 spiro atoms. The molecule has 2 N–H and O–H groups in total. The third-order valence-corrected chi connectivity index (χ3v) is 1.86. The van der Waals surface area contributed by atoms with E-state index >= 15 is 0 Å². The second-order valence-electron chi connectivity index (χ2n) is 2.93. The molecule has 0 amide bonds. The molecule has 1 aromatic carbocycles. The molecule has 0 bridgehead atoms. The van der Waals surface area contributed by atoms with Gasteiger partial charge in [-0.25, -0.2) is 0 Å². The number of hydrogen-bond donors (Lipinski definition) is 1. The number of methoxy groups -OCH3 is 1. The van der Waals surface area contributed by atoms with E-state index in [4.69, 9.17) is 15.6 Å². The van der Waals surface area contributed by atoms with Gasteiger partial charge in [0, 0.05) is 6.61 Å². The first-order valence-corrected chi connectivity index (χ1v) is 6.44. The average molecular weight is 334 g/mol. The number of halogens is 1. The van der Waals surface area contributed by atoms with Gasteiger partial charge in [-0.2, -0.15) is 0 Å². The molecule has 0 aliphatic heterocycles. The van der Waals surface area contributed by atoms with Crippen LogP contribution in [0.5, 0.6) is 5.75 Å². The van der Waals surface area contributed by atoms with E-state index in [2.05, 4.69) is 9.69 Å². The van der Waals surface area contributed by atoms with E-state index in [1.807, 2.05) is 41.6 Å². The molecule has 0 heterocycles. The summed E-state index contributed by atoms with van der Waals surface area (Å²) >= 11 is 2.02. The number of benzene rings is 1. The van der Waals surface area contributed by atoms with E-state index in [9.17, 15) is 0 Å². The Hall–Kier alpha value is -0.147. The number of aliphatic hydroxyl groups is 1. The number of rotatable bonds is 4. The van der Waals surface area contributed by atoms with Crippen LogP contribution in [-0.2, 0) is 23.7 Å². The van der Waals surface area contributed by atoms with Crippen molar-refractivity contribution < 1.29 is 27.2 Å². The predicted molar refractivity (Wildman–Crippen MR) is 64.2 cm³/mol. The van der Waals surface area contributed by atoms with E-state index in [-0.39, 0.29) is 14.0 Å². The number of nitrogens with one attached hydrogen (secondary N) is 1. The molecule has 1 atom stereocenters. The summed E-state index contributed by atoms with van der Waals surface area (Å²) in [5.74, 6) is 0.814. The molecule has 16 heavy (non-hydrogen) atoms. The van der Waals surface area contributed by atoms with Gasteiger partial charge in [-0.1, -0.05) is 12.1 Å². The first-order chi connectivity index (χ1) is 7.26. The van der Waals surface area contributed by atoms with Crippen molar-refractivity contribution in [3.63, 3.8) is 0 Å². The molecule has 94 valence electrons. The maximum absolute atomic E-state index is 8.68. The van der Waals surface area contributed by atoms with E-state index in [1.165, 1.54) is 0 Å². The van der Waals surface area contributed by atoms with Crippen molar-refractivity contribution in [3.05, 3.63) is 43.0 Å². The summed E-state index contributed by atoms with van der Waals surface area (Å²) in [4.78, 5) is 0. The van der Waals surface area contributed by atoms with Gasteiger partial charge in [0.05, 0.1) is 7.11 Å². The Labute approximate surface area is 112 Å². The van der Waals surface area contributed by atoms with Gasteiger partial charge in [0.25, 0.3) is 0 Å².